The van der Waals surface area contributed by atoms with Gasteiger partial charge in [-0.25, -0.2) is 4.98 Å². The Morgan fingerprint density at radius 2 is 1.97 bits per heavy atom. The summed E-state index contributed by atoms with van der Waals surface area (Å²) in [5.41, 5.74) is 3.76. The highest BCUT2D eigenvalue weighted by Gasteiger charge is 2.42. The molecule has 1 atom stereocenters. The minimum Gasteiger partial charge on any atom is -0.410 e. The van der Waals surface area contributed by atoms with Gasteiger partial charge in [-0.2, -0.15) is 9.97 Å². The van der Waals surface area contributed by atoms with E-state index in [2.05, 4.69) is 30.7 Å². The predicted molar refractivity (Wildman–Crippen MR) is 131 cm³/mol. The number of nitrogens with zero attached hydrogens (tertiary/aromatic N) is 4. The van der Waals surface area contributed by atoms with Gasteiger partial charge in [-0.1, -0.05) is 41.6 Å². The van der Waals surface area contributed by atoms with Crippen molar-refractivity contribution in [2.24, 2.45) is 0 Å². The van der Waals surface area contributed by atoms with Crippen molar-refractivity contribution in [3.63, 3.8) is 0 Å². The first-order valence-electron chi connectivity index (χ1n) is 11.2. The lowest BCUT2D eigenvalue weighted by atomic mass is 9.77. The van der Waals surface area contributed by atoms with Crippen molar-refractivity contribution in [2.75, 3.05) is 24.4 Å². The highest BCUT2D eigenvalue weighted by atomic mass is 16.6. The number of aliphatic hydroxyl groups excluding tert-OH is 1. The Morgan fingerprint density at radius 1 is 1.14 bits per heavy atom. The fraction of sp³-hybridized carbons (Fsp3) is 0.250. The summed E-state index contributed by atoms with van der Waals surface area (Å²) in [7, 11) is 1.23. The molecule has 35 heavy (non-hydrogen) atoms. The van der Waals surface area contributed by atoms with Crippen molar-refractivity contribution < 1.29 is 18.9 Å². The van der Waals surface area contributed by atoms with Gasteiger partial charge in [-0.05, 0) is 42.6 Å². The van der Waals surface area contributed by atoms with Crippen LogP contribution in [-0.4, -0.2) is 46.1 Å². The largest absolute Gasteiger partial charge is 0.494 e. The lowest BCUT2D eigenvalue weighted by Gasteiger charge is -2.21. The van der Waals surface area contributed by atoms with Gasteiger partial charge in [0.15, 0.2) is 6.33 Å². The molecule has 0 bridgehead atoms. The second kappa shape index (κ2) is 9.45. The van der Waals surface area contributed by atoms with E-state index >= 15 is 0 Å². The number of nitrogens with one attached hydrogen (secondary N) is 2. The summed E-state index contributed by atoms with van der Waals surface area (Å²) in [6.45, 7) is 3.87. The molecule has 0 unspecified atom stereocenters. The smallest absolute Gasteiger partial charge is 0.410 e. The van der Waals surface area contributed by atoms with Crippen molar-refractivity contribution in [1.29, 1.82) is 0 Å². The first-order valence-corrected chi connectivity index (χ1v) is 11.2. The molecule has 0 saturated heterocycles. The van der Waals surface area contributed by atoms with Crippen molar-refractivity contribution in [2.45, 2.75) is 25.5 Å². The number of hydrogen-bond donors (Lipinski definition) is 3. The molecule has 0 saturated carbocycles. The summed E-state index contributed by atoms with van der Waals surface area (Å²) < 4.78 is 16.7. The molecule has 0 amide bonds. The average molecular weight is 472 g/mol. The number of rotatable bonds is 8. The van der Waals surface area contributed by atoms with Crippen LogP contribution in [0.5, 0.6) is 0 Å². The monoisotopic (exact) mass is 472 g/mol. The summed E-state index contributed by atoms with van der Waals surface area (Å²) in [6.07, 6.45) is 2.92. The lowest BCUT2D eigenvalue weighted by Crippen LogP contribution is -2.31. The van der Waals surface area contributed by atoms with Crippen LogP contribution in [-0.2, 0) is 14.9 Å². The van der Waals surface area contributed by atoms with Crippen LogP contribution in [0.15, 0.2) is 65.6 Å². The number of hydrogen-bond acceptors (Lipinski definition) is 10. The third-order valence-electron chi connectivity index (χ3n) is 5.90. The fourth-order valence-electron chi connectivity index (χ4n) is 4.14. The molecule has 2 aromatic heterocycles. The topological polar surface area (TPSA) is 127 Å². The molecule has 10 nitrogen and oxygen atoms in total. The van der Waals surface area contributed by atoms with Crippen LogP contribution in [0.4, 0.5) is 17.5 Å². The minimum absolute atomic E-state index is 0.138. The third kappa shape index (κ3) is 4.61. The molecule has 1 aliphatic heterocycles. The van der Waals surface area contributed by atoms with Crippen LogP contribution < -0.4 is 16.1 Å². The van der Waals surface area contributed by atoms with Gasteiger partial charge in [0.05, 0.1) is 18.2 Å². The summed E-state index contributed by atoms with van der Waals surface area (Å²) in [4.78, 5) is 13.2. The Bertz CT molecular complexity index is 1300. The van der Waals surface area contributed by atoms with Crippen LogP contribution >= 0.6 is 0 Å². The van der Waals surface area contributed by atoms with E-state index in [4.69, 9.17) is 13.8 Å². The van der Waals surface area contributed by atoms with Gasteiger partial charge in [0, 0.05) is 19.0 Å². The number of aliphatic hydroxyl groups is 1. The van der Waals surface area contributed by atoms with E-state index in [0.29, 0.717) is 17.3 Å². The second-order valence-corrected chi connectivity index (χ2v) is 8.62. The maximum atomic E-state index is 10.1. The van der Waals surface area contributed by atoms with Crippen LogP contribution in [0.1, 0.15) is 31.0 Å². The first-order chi connectivity index (χ1) is 17.0. The quantitative estimate of drug-likeness (QED) is 0.329. The predicted octanol–water partition coefficient (Wildman–Crippen LogP) is 3.02. The zero-order valence-electron chi connectivity index (χ0n) is 19.6. The molecule has 11 heteroatoms. The van der Waals surface area contributed by atoms with Gasteiger partial charge in [0.1, 0.15) is 11.4 Å². The molecule has 5 rings (SSSR count). The van der Waals surface area contributed by atoms with Gasteiger partial charge >= 0.3 is 7.12 Å². The van der Waals surface area contributed by atoms with Crippen LogP contribution in [0, 0.1) is 0 Å². The Morgan fingerprint density at radius 3 is 2.69 bits per heavy atom. The summed E-state index contributed by atoms with van der Waals surface area (Å²) in [5.74, 6) is 1.07. The average Bonchev–Trinajstić information content (AvgIpc) is 3.49. The molecule has 4 aromatic rings. The molecule has 0 fully saturated rings. The molecule has 0 radical (unpaired) electrons. The van der Waals surface area contributed by atoms with Gasteiger partial charge in [0.2, 0.25) is 5.95 Å². The van der Waals surface area contributed by atoms with Crippen LogP contribution in [0.25, 0.3) is 11.5 Å². The third-order valence-corrected chi connectivity index (χ3v) is 5.90. The Balaban J connectivity index is 1.47. The Hall–Kier alpha value is -3.80. The zero-order chi connectivity index (χ0) is 24.4. The standard InChI is InChI=1S/C24H25BN6O4/c1-24(2)18-11-16(9-10-19(18)25(33-3)35-24)29-23-26-12-17(22-27-14-28-34-22)21(31-23)30-20(13-32)15-7-5-4-6-8-15/h4-12,14,20,32H,13H2,1-3H3,(H2,26,29,30,31)/t20-/m1/s1. The Kier molecular flexibility index (Phi) is 6.20. The van der Waals surface area contributed by atoms with Gasteiger partial charge < -0.3 is 29.6 Å². The van der Waals surface area contributed by atoms with Gasteiger partial charge in [0.25, 0.3) is 5.89 Å². The highest BCUT2D eigenvalue weighted by molar-refractivity contribution is 6.63. The van der Waals surface area contributed by atoms with E-state index in [-0.39, 0.29) is 12.5 Å². The summed E-state index contributed by atoms with van der Waals surface area (Å²) >= 11 is 0. The zero-order valence-corrected chi connectivity index (χ0v) is 19.6. The number of aromatic nitrogens is 4. The number of anilines is 3. The molecule has 0 spiro atoms. The minimum atomic E-state index is -0.493. The van der Waals surface area contributed by atoms with Gasteiger partial charge in [-0.3, -0.25) is 0 Å². The molecule has 3 heterocycles. The lowest BCUT2D eigenvalue weighted by molar-refractivity contribution is 0.0930. The molecule has 178 valence electrons. The SMILES string of the molecule is COB1OC(C)(C)c2cc(Nc3ncc(-c4ncno4)c(N[C@H](CO)c4ccccc4)n3)ccc21. The van der Waals surface area contributed by atoms with E-state index in [1.807, 2.05) is 62.4 Å². The van der Waals surface area contributed by atoms with Crippen molar-refractivity contribution >= 4 is 30.0 Å². The molecular weight excluding hydrogens is 447 g/mol. The molecule has 3 N–H and O–H groups in total. The summed E-state index contributed by atoms with van der Waals surface area (Å²) in [5, 5.41) is 20.3. The van der Waals surface area contributed by atoms with E-state index < -0.39 is 18.8 Å². The van der Waals surface area contributed by atoms with Crippen LogP contribution in [0.2, 0.25) is 0 Å². The van der Waals surface area contributed by atoms with E-state index in [0.717, 1.165) is 22.3 Å². The normalized spacial score (nSPS) is 15.0. The second-order valence-electron chi connectivity index (χ2n) is 8.62. The number of benzene rings is 2. The number of fused-ring (bicyclic) bond motifs is 1. The first kappa shape index (κ1) is 23.0. The maximum absolute atomic E-state index is 10.1. The summed E-state index contributed by atoms with van der Waals surface area (Å²) in [6, 6.07) is 15.1. The van der Waals surface area contributed by atoms with E-state index in [1.54, 1.807) is 13.3 Å². The molecule has 2 aromatic carbocycles. The highest BCUT2D eigenvalue weighted by Crippen LogP contribution is 2.33. The van der Waals surface area contributed by atoms with Crippen molar-refractivity contribution in [3.05, 3.63) is 72.2 Å². The van der Waals surface area contributed by atoms with E-state index in [1.165, 1.54) is 6.33 Å². The van der Waals surface area contributed by atoms with Gasteiger partial charge in [-0.15, -0.1) is 0 Å². The van der Waals surface area contributed by atoms with Crippen molar-refractivity contribution in [1.82, 2.24) is 20.1 Å². The maximum Gasteiger partial charge on any atom is 0.494 e. The van der Waals surface area contributed by atoms with E-state index in [9.17, 15) is 5.11 Å². The van der Waals surface area contributed by atoms with Crippen LogP contribution in [0.3, 0.4) is 0 Å². The molecule has 1 aliphatic rings. The molecule has 0 aliphatic carbocycles. The van der Waals surface area contributed by atoms with Crippen molar-refractivity contribution in [3.8, 4) is 11.5 Å². The fourth-order valence-corrected chi connectivity index (χ4v) is 4.14. The molecular formula is C24H25BN6O4. The Labute approximate surface area is 202 Å².